The molecule has 110 valence electrons. The van der Waals surface area contributed by atoms with Crippen molar-refractivity contribution < 1.29 is 4.92 Å². The minimum atomic E-state index is -0.298. The standard InChI is InChI=1S/C15H23N3O2/c1-12-6-8-17(14(10-12)11-16)9-7-13-4-2-3-5-15(13)18(19)20/h2-5,12,14H,6-11,16H2,1H3. The number of hydrogen-bond acceptors (Lipinski definition) is 4. The van der Waals surface area contributed by atoms with Gasteiger partial charge in [0.15, 0.2) is 0 Å². The molecular weight excluding hydrogens is 254 g/mol. The maximum atomic E-state index is 11.0. The fourth-order valence-electron chi connectivity index (χ4n) is 3.00. The van der Waals surface area contributed by atoms with Crippen molar-refractivity contribution in [3.05, 3.63) is 39.9 Å². The van der Waals surface area contributed by atoms with Crippen LogP contribution in [0.1, 0.15) is 25.3 Å². The Labute approximate surface area is 119 Å². The van der Waals surface area contributed by atoms with E-state index in [9.17, 15) is 10.1 Å². The van der Waals surface area contributed by atoms with Crippen LogP contribution in [0.5, 0.6) is 0 Å². The van der Waals surface area contributed by atoms with Gasteiger partial charge in [0.2, 0.25) is 0 Å². The highest BCUT2D eigenvalue weighted by atomic mass is 16.6. The fraction of sp³-hybridized carbons (Fsp3) is 0.600. The van der Waals surface area contributed by atoms with Crippen LogP contribution in [0.25, 0.3) is 0 Å². The van der Waals surface area contributed by atoms with Gasteiger partial charge in [0.05, 0.1) is 4.92 Å². The molecule has 0 spiro atoms. The Bertz CT molecular complexity index is 464. The summed E-state index contributed by atoms with van der Waals surface area (Å²) in [7, 11) is 0. The molecule has 5 nitrogen and oxygen atoms in total. The minimum absolute atomic E-state index is 0.224. The Balaban J connectivity index is 1.99. The van der Waals surface area contributed by atoms with Crippen LogP contribution in [0.4, 0.5) is 5.69 Å². The van der Waals surface area contributed by atoms with E-state index in [-0.39, 0.29) is 10.6 Å². The lowest BCUT2D eigenvalue weighted by atomic mass is 9.92. The topological polar surface area (TPSA) is 72.4 Å². The first-order valence-corrected chi connectivity index (χ1v) is 7.28. The molecule has 0 bridgehead atoms. The summed E-state index contributed by atoms with van der Waals surface area (Å²) in [5.41, 5.74) is 6.89. The second-order valence-electron chi connectivity index (χ2n) is 5.69. The van der Waals surface area contributed by atoms with Crippen molar-refractivity contribution in [2.75, 3.05) is 19.6 Å². The summed E-state index contributed by atoms with van der Waals surface area (Å²) >= 11 is 0. The summed E-state index contributed by atoms with van der Waals surface area (Å²) in [6, 6.07) is 7.42. The molecule has 1 fully saturated rings. The van der Waals surface area contributed by atoms with Crippen LogP contribution in [0.2, 0.25) is 0 Å². The third-order valence-corrected chi connectivity index (χ3v) is 4.23. The van der Waals surface area contributed by atoms with Crippen molar-refractivity contribution in [3.8, 4) is 0 Å². The lowest BCUT2D eigenvalue weighted by molar-refractivity contribution is -0.385. The summed E-state index contributed by atoms with van der Waals surface area (Å²) in [5.74, 6) is 0.728. The number of piperidine rings is 1. The zero-order chi connectivity index (χ0) is 14.5. The van der Waals surface area contributed by atoms with Crippen LogP contribution in [0, 0.1) is 16.0 Å². The molecule has 1 saturated heterocycles. The van der Waals surface area contributed by atoms with Crippen LogP contribution in [-0.4, -0.2) is 35.5 Å². The summed E-state index contributed by atoms with van der Waals surface area (Å²) in [6.45, 7) is 4.83. The largest absolute Gasteiger partial charge is 0.329 e. The van der Waals surface area contributed by atoms with Crippen LogP contribution in [-0.2, 0) is 6.42 Å². The first-order valence-electron chi connectivity index (χ1n) is 7.28. The van der Waals surface area contributed by atoms with Crippen LogP contribution in [0.3, 0.4) is 0 Å². The normalized spacial score (nSPS) is 23.7. The maximum Gasteiger partial charge on any atom is 0.272 e. The smallest absolute Gasteiger partial charge is 0.272 e. The third kappa shape index (κ3) is 3.55. The maximum absolute atomic E-state index is 11.0. The van der Waals surface area contributed by atoms with Gasteiger partial charge in [0.25, 0.3) is 5.69 Å². The molecule has 20 heavy (non-hydrogen) atoms. The number of rotatable bonds is 5. The van der Waals surface area contributed by atoms with E-state index in [0.29, 0.717) is 19.0 Å². The monoisotopic (exact) mass is 277 g/mol. The lowest BCUT2D eigenvalue weighted by Gasteiger charge is -2.38. The Morgan fingerprint density at radius 1 is 1.45 bits per heavy atom. The van der Waals surface area contributed by atoms with Crippen LogP contribution >= 0.6 is 0 Å². The van der Waals surface area contributed by atoms with Gasteiger partial charge >= 0.3 is 0 Å². The van der Waals surface area contributed by atoms with Crippen LogP contribution < -0.4 is 5.73 Å². The van der Waals surface area contributed by atoms with E-state index >= 15 is 0 Å². The summed E-state index contributed by atoms with van der Waals surface area (Å²) in [4.78, 5) is 13.1. The van der Waals surface area contributed by atoms with E-state index in [4.69, 9.17) is 5.73 Å². The van der Waals surface area contributed by atoms with E-state index in [2.05, 4.69) is 11.8 Å². The second-order valence-corrected chi connectivity index (χ2v) is 5.69. The molecule has 0 aromatic heterocycles. The van der Waals surface area contributed by atoms with Crippen molar-refractivity contribution in [3.63, 3.8) is 0 Å². The SMILES string of the molecule is CC1CCN(CCc2ccccc2[N+](=O)[O-])C(CN)C1. The first-order chi connectivity index (χ1) is 9.61. The molecule has 0 amide bonds. The molecule has 0 aliphatic carbocycles. The van der Waals surface area contributed by atoms with E-state index in [0.717, 1.165) is 31.0 Å². The Morgan fingerprint density at radius 2 is 2.20 bits per heavy atom. The first kappa shape index (κ1) is 14.9. The predicted octanol–water partition coefficient (Wildman–Crippen LogP) is 2.20. The molecule has 1 aliphatic heterocycles. The zero-order valence-electron chi connectivity index (χ0n) is 12.0. The average molecular weight is 277 g/mol. The molecule has 2 unspecified atom stereocenters. The number of nitrogens with two attached hydrogens (primary N) is 1. The molecule has 1 aliphatic rings. The van der Waals surface area contributed by atoms with Gasteiger partial charge in [0, 0.05) is 30.8 Å². The molecule has 5 heteroatoms. The van der Waals surface area contributed by atoms with Gasteiger partial charge in [0.1, 0.15) is 0 Å². The third-order valence-electron chi connectivity index (χ3n) is 4.23. The Hall–Kier alpha value is -1.46. The van der Waals surface area contributed by atoms with Gasteiger partial charge in [-0.05, 0) is 31.7 Å². The van der Waals surface area contributed by atoms with Crippen molar-refractivity contribution in [1.82, 2.24) is 4.90 Å². The number of nitrogens with zero attached hydrogens (tertiary/aromatic N) is 2. The second kappa shape index (κ2) is 6.81. The highest BCUT2D eigenvalue weighted by Gasteiger charge is 2.25. The lowest BCUT2D eigenvalue weighted by Crippen LogP contribution is -2.46. The van der Waals surface area contributed by atoms with Gasteiger partial charge in [-0.1, -0.05) is 25.1 Å². The van der Waals surface area contributed by atoms with Gasteiger partial charge in [-0.2, -0.15) is 0 Å². The van der Waals surface area contributed by atoms with E-state index in [1.807, 2.05) is 12.1 Å². The molecule has 1 aromatic rings. The number of nitro groups is 1. The molecule has 2 rings (SSSR count). The van der Waals surface area contributed by atoms with Crippen molar-refractivity contribution in [2.45, 2.75) is 32.2 Å². The van der Waals surface area contributed by atoms with E-state index < -0.39 is 0 Å². The summed E-state index contributed by atoms with van der Waals surface area (Å²) in [5, 5.41) is 11.0. The number of para-hydroxylation sites is 1. The zero-order valence-corrected chi connectivity index (χ0v) is 12.0. The van der Waals surface area contributed by atoms with Gasteiger partial charge < -0.3 is 5.73 Å². The average Bonchev–Trinajstić information content (AvgIpc) is 2.46. The molecule has 2 N–H and O–H groups in total. The number of nitro benzene ring substituents is 1. The quantitative estimate of drug-likeness (QED) is 0.661. The van der Waals surface area contributed by atoms with Crippen molar-refractivity contribution in [2.24, 2.45) is 11.7 Å². The molecular formula is C15H23N3O2. The Morgan fingerprint density at radius 3 is 2.90 bits per heavy atom. The van der Waals surface area contributed by atoms with E-state index in [1.165, 1.54) is 6.42 Å². The molecule has 2 atom stereocenters. The number of hydrogen-bond donors (Lipinski definition) is 1. The number of benzene rings is 1. The van der Waals surface area contributed by atoms with Gasteiger partial charge in [-0.3, -0.25) is 15.0 Å². The fourth-order valence-corrected chi connectivity index (χ4v) is 3.00. The van der Waals surface area contributed by atoms with Gasteiger partial charge in [-0.15, -0.1) is 0 Å². The predicted molar refractivity (Wildman–Crippen MR) is 79.6 cm³/mol. The molecule has 1 aromatic carbocycles. The van der Waals surface area contributed by atoms with Crippen molar-refractivity contribution >= 4 is 5.69 Å². The molecule has 0 saturated carbocycles. The number of likely N-dealkylation sites (tertiary alicyclic amines) is 1. The highest BCUT2D eigenvalue weighted by molar-refractivity contribution is 5.39. The molecule has 1 heterocycles. The Kier molecular flexibility index (Phi) is 5.09. The molecule has 0 radical (unpaired) electrons. The van der Waals surface area contributed by atoms with Crippen LogP contribution in [0.15, 0.2) is 24.3 Å². The summed E-state index contributed by atoms with van der Waals surface area (Å²) < 4.78 is 0. The summed E-state index contributed by atoms with van der Waals surface area (Å²) in [6.07, 6.45) is 3.03. The van der Waals surface area contributed by atoms with Gasteiger partial charge in [-0.25, -0.2) is 0 Å². The minimum Gasteiger partial charge on any atom is -0.329 e. The van der Waals surface area contributed by atoms with Crippen molar-refractivity contribution in [1.29, 1.82) is 0 Å². The highest BCUT2D eigenvalue weighted by Crippen LogP contribution is 2.23. The van der Waals surface area contributed by atoms with E-state index in [1.54, 1.807) is 12.1 Å².